The molecule has 1 aromatic rings. The van der Waals surface area contributed by atoms with Gasteiger partial charge in [0.15, 0.2) is 0 Å². The Morgan fingerprint density at radius 3 is 2.58 bits per heavy atom. The van der Waals surface area contributed by atoms with Crippen LogP contribution in [-0.2, 0) is 14.8 Å². The molecule has 0 aliphatic carbocycles. The average molecular weight is 331 g/mol. The maximum absolute atomic E-state index is 12.4. The zero-order valence-corrected chi connectivity index (χ0v) is 11.2. The van der Waals surface area contributed by atoms with Gasteiger partial charge in [0, 0.05) is 5.82 Å². The molecule has 0 aromatic heterocycles. The van der Waals surface area contributed by atoms with Gasteiger partial charge < -0.3 is 9.90 Å². The molecule has 1 rings (SSSR count). The van der Waals surface area contributed by atoms with Gasteiger partial charge >= 0.3 is 34.5 Å². The summed E-state index contributed by atoms with van der Waals surface area (Å²) < 4.78 is 12.4. The van der Waals surface area contributed by atoms with E-state index in [1.165, 1.54) is 26.9 Å². The molecule has 0 atom stereocenters. The molecular weight excluding hydrogens is 327 g/mol. The summed E-state index contributed by atoms with van der Waals surface area (Å²) in [5, 5.41) is 8.29. The van der Waals surface area contributed by atoms with E-state index in [2.05, 4.69) is 25.8 Å². The Bertz CT molecular complexity index is 267. The molecule has 12 heavy (non-hydrogen) atoms. The van der Waals surface area contributed by atoms with Crippen molar-refractivity contribution in [1.29, 1.82) is 0 Å². The van der Waals surface area contributed by atoms with E-state index in [1.54, 1.807) is 0 Å². The van der Waals surface area contributed by atoms with Crippen molar-refractivity contribution >= 4 is 25.7 Å². The Hall–Kier alpha value is -0.0266. The van der Waals surface area contributed by atoms with E-state index >= 15 is 0 Å². The van der Waals surface area contributed by atoms with Crippen molar-refractivity contribution in [3.63, 3.8) is 0 Å². The van der Waals surface area contributed by atoms with Gasteiger partial charge in [0.2, 0.25) is 5.97 Å². The van der Waals surface area contributed by atoms with Crippen molar-refractivity contribution in [3.8, 4) is 0 Å². The number of halogens is 2. The van der Waals surface area contributed by atoms with Crippen LogP contribution in [0.3, 0.4) is 0 Å². The Morgan fingerprint density at radius 2 is 2.25 bits per heavy atom. The molecule has 60 valence electrons. The second kappa shape index (κ2) is 6.49. The van der Waals surface area contributed by atoms with E-state index in [4.69, 9.17) is 5.11 Å². The van der Waals surface area contributed by atoms with E-state index in [-0.39, 0.29) is 0 Å². The van der Waals surface area contributed by atoms with Gasteiger partial charge in [0.1, 0.15) is 0 Å². The van der Waals surface area contributed by atoms with E-state index < -0.39 is 17.3 Å². The predicted molar refractivity (Wildman–Crippen MR) is 46.2 cm³/mol. The first-order valence-corrected chi connectivity index (χ1v) is 11.9. The first-order chi connectivity index (χ1) is 5.72. The number of carbonyl (C=O) groups is 1. The standard InChI is InChI=1S/C7H4FO2.HI.Zn/c8-6-4-2-1-3-5(6)7(9)10;;/h1-2,4H,(H,9,10);1H;/q-1;;+2/p-1. The van der Waals surface area contributed by atoms with Crippen molar-refractivity contribution in [3.05, 3.63) is 35.6 Å². The van der Waals surface area contributed by atoms with Crippen LogP contribution in [0.5, 0.6) is 0 Å². The fourth-order valence-electron chi connectivity index (χ4n) is 0.580. The van der Waals surface area contributed by atoms with Crippen LogP contribution in [0.1, 0.15) is 10.4 Å². The fourth-order valence-corrected chi connectivity index (χ4v) is 0.580. The van der Waals surface area contributed by atoms with E-state index in [9.17, 15) is 9.18 Å². The molecule has 0 saturated heterocycles. The molecule has 0 bridgehead atoms. The SMILES string of the molecule is O=C(O)c1[c-]cccc1F.[Zn+][I]. The Kier molecular flexibility index (Phi) is 6.47. The summed E-state index contributed by atoms with van der Waals surface area (Å²) in [4.78, 5) is 10.2. The number of rotatable bonds is 1. The van der Waals surface area contributed by atoms with Crippen LogP contribution in [0.15, 0.2) is 18.2 Å². The summed E-state index contributed by atoms with van der Waals surface area (Å²) in [6.07, 6.45) is 0. The van der Waals surface area contributed by atoms with Crippen molar-refractivity contribution in [2.24, 2.45) is 0 Å². The number of benzene rings is 1. The van der Waals surface area contributed by atoms with Gasteiger partial charge in [-0.15, -0.1) is 24.3 Å². The van der Waals surface area contributed by atoms with Crippen molar-refractivity contribution in [2.45, 2.75) is 0 Å². The van der Waals surface area contributed by atoms with E-state index in [0.717, 1.165) is 6.07 Å². The normalized spacial score (nSPS) is 8.33. The molecule has 5 heteroatoms. The van der Waals surface area contributed by atoms with E-state index in [1.807, 2.05) is 0 Å². The van der Waals surface area contributed by atoms with E-state index in [0.29, 0.717) is 0 Å². The summed E-state index contributed by atoms with van der Waals surface area (Å²) >= 11 is 3.62. The molecule has 0 spiro atoms. The first-order valence-electron chi connectivity index (χ1n) is 2.88. The van der Waals surface area contributed by atoms with Crippen LogP contribution < -0.4 is 0 Å². The average Bonchev–Trinajstić information content (AvgIpc) is 2.08. The third-order valence-corrected chi connectivity index (χ3v) is 1.02. The second-order valence-corrected chi connectivity index (χ2v) is 1.70. The van der Waals surface area contributed by atoms with Gasteiger partial charge in [-0.25, -0.2) is 0 Å². The molecule has 2 nitrogen and oxygen atoms in total. The van der Waals surface area contributed by atoms with Crippen LogP contribution in [-0.4, -0.2) is 11.1 Å². The van der Waals surface area contributed by atoms with Gasteiger partial charge in [-0.3, -0.25) is 4.39 Å². The maximum atomic E-state index is 12.4. The fraction of sp³-hybridized carbons (Fsp3) is 0. The van der Waals surface area contributed by atoms with Gasteiger partial charge in [0.25, 0.3) is 0 Å². The molecule has 0 aliphatic rings. The molecule has 1 N–H and O–H groups in total. The van der Waals surface area contributed by atoms with Crippen LogP contribution in [0.4, 0.5) is 4.39 Å². The van der Waals surface area contributed by atoms with Gasteiger partial charge in [0.05, 0.1) is 0 Å². The third kappa shape index (κ3) is 3.58. The summed E-state index contributed by atoms with van der Waals surface area (Å²) in [6, 6.07) is 6.09. The minimum atomic E-state index is -1.29. The number of hydrogen-bond donors (Lipinski definition) is 1. The summed E-state index contributed by atoms with van der Waals surface area (Å²) in [5.74, 6) is -2.05. The molecule has 1 aromatic carbocycles. The van der Waals surface area contributed by atoms with Crippen LogP contribution >= 0.6 is 19.8 Å². The van der Waals surface area contributed by atoms with Gasteiger partial charge in [-0.2, -0.15) is 0 Å². The van der Waals surface area contributed by atoms with Crippen LogP contribution in [0.2, 0.25) is 0 Å². The minimum absolute atomic E-state index is 0.414. The zero-order chi connectivity index (χ0) is 9.56. The molecule has 0 fully saturated rings. The number of hydrogen-bond acceptors (Lipinski definition) is 1. The molecule has 0 unspecified atom stereocenters. The first kappa shape index (κ1) is 12.0. The molecule has 0 radical (unpaired) electrons. The quantitative estimate of drug-likeness (QED) is 0.487. The van der Waals surface area contributed by atoms with Gasteiger partial charge in [-0.05, 0) is 5.56 Å². The Morgan fingerprint density at radius 1 is 1.67 bits per heavy atom. The van der Waals surface area contributed by atoms with Crippen LogP contribution in [0.25, 0.3) is 0 Å². The van der Waals surface area contributed by atoms with Crippen molar-refractivity contribution in [2.75, 3.05) is 0 Å². The molecule has 0 amide bonds. The summed E-state index contributed by atoms with van der Waals surface area (Å²) in [7, 11) is 0. The monoisotopic (exact) mass is 330 g/mol. The Balaban J connectivity index is 0.000000561. The number of aromatic carboxylic acids is 1. The summed E-state index contributed by atoms with van der Waals surface area (Å²) in [6.45, 7) is 0. The van der Waals surface area contributed by atoms with Gasteiger partial charge in [-0.1, -0.05) is 0 Å². The predicted octanol–water partition coefficient (Wildman–Crippen LogP) is 2.21. The topological polar surface area (TPSA) is 37.3 Å². The zero-order valence-electron chi connectivity index (χ0n) is 6.05. The third-order valence-electron chi connectivity index (χ3n) is 1.02. The van der Waals surface area contributed by atoms with Crippen LogP contribution in [0, 0.1) is 11.9 Å². The van der Waals surface area contributed by atoms with Crippen molar-refractivity contribution in [1.82, 2.24) is 0 Å². The van der Waals surface area contributed by atoms with Crippen molar-refractivity contribution < 1.29 is 29.1 Å². The molecule has 0 aliphatic heterocycles. The summed E-state index contributed by atoms with van der Waals surface area (Å²) in [5.41, 5.74) is -0.414. The Labute approximate surface area is 90.0 Å². The molecule has 0 saturated carbocycles. The molecular formula is C7H4FIO2Zn. The second-order valence-electron chi connectivity index (χ2n) is 1.70. The number of carboxylic acid groups (broad SMARTS) is 1. The number of carboxylic acids is 1. The molecule has 0 heterocycles.